The zero-order chi connectivity index (χ0) is 18.3. The van der Waals surface area contributed by atoms with Gasteiger partial charge in [0.25, 0.3) is 5.91 Å². The van der Waals surface area contributed by atoms with Crippen molar-refractivity contribution in [3.8, 4) is 0 Å². The molecule has 2 aromatic heterocycles. The average Bonchev–Trinajstić information content (AvgIpc) is 3.31. The number of nitrogens with zero attached hydrogens (tertiary/aromatic N) is 5. The van der Waals surface area contributed by atoms with Crippen LogP contribution in [0, 0.1) is 5.92 Å². The second-order valence-corrected chi connectivity index (χ2v) is 7.23. The van der Waals surface area contributed by atoms with Gasteiger partial charge in [-0.05, 0) is 31.6 Å². The number of H-pyrrole nitrogens is 1. The Kier molecular flexibility index (Phi) is 4.21. The van der Waals surface area contributed by atoms with Gasteiger partial charge in [-0.25, -0.2) is 0 Å². The normalized spacial score (nSPS) is 22.4. The third-order valence-electron chi connectivity index (χ3n) is 5.42. The van der Waals surface area contributed by atoms with Crippen molar-refractivity contribution in [2.24, 2.45) is 13.0 Å². The standard InChI is InChI=1S/C17H22N6O3/c1-22-9-14(19-21-22)12-8-23(7-10(12)6-15(24)25)17(26)16-11-4-2-3-5-13(11)18-20-16/h9-10,12H,2-8H2,1H3,(H,18,20)(H,24,25)/t10-,12+/m0/s1. The molecule has 0 spiro atoms. The number of amides is 1. The molecule has 0 saturated carbocycles. The van der Waals surface area contributed by atoms with E-state index in [4.69, 9.17) is 0 Å². The molecule has 0 unspecified atom stereocenters. The number of carboxylic acid groups (broad SMARTS) is 1. The largest absolute Gasteiger partial charge is 0.481 e. The quantitative estimate of drug-likeness (QED) is 0.833. The van der Waals surface area contributed by atoms with E-state index in [0.717, 1.165) is 42.6 Å². The summed E-state index contributed by atoms with van der Waals surface area (Å²) in [6.07, 6.45) is 5.78. The van der Waals surface area contributed by atoms with Gasteiger partial charge in [0.15, 0.2) is 5.69 Å². The number of carbonyl (C=O) groups excluding carboxylic acids is 1. The van der Waals surface area contributed by atoms with Crippen LogP contribution in [-0.2, 0) is 24.7 Å². The Balaban J connectivity index is 1.58. The van der Waals surface area contributed by atoms with Gasteiger partial charge in [-0.3, -0.25) is 19.4 Å². The number of nitrogens with one attached hydrogen (secondary N) is 1. The molecule has 0 bridgehead atoms. The molecule has 3 heterocycles. The van der Waals surface area contributed by atoms with Crippen LogP contribution in [-0.4, -0.2) is 60.2 Å². The molecule has 9 nitrogen and oxygen atoms in total. The van der Waals surface area contributed by atoms with Crippen LogP contribution in [0.2, 0.25) is 0 Å². The Hall–Kier alpha value is -2.71. The number of carbonyl (C=O) groups is 2. The summed E-state index contributed by atoms with van der Waals surface area (Å²) in [4.78, 5) is 26.0. The van der Waals surface area contributed by atoms with Crippen LogP contribution in [0.4, 0.5) is 0 Å². The van der Waals surface area contributed by atoms with E-state index in [9.17, 15) is 14.7 Å². The lowest BCUT2D eigenvalue weighted by Gasteiger charge is -2.17. The topological polar surface area (TPSA) is 117 Å². The summed E-state index contributed by atoms with van der Waals surface area (Å²) in [7, 11) is 1.77. The fourth-order valence-corrected chi connectivity index (χ4v) is 4.15. The maximum atomic E-state index is 13.0. The van der Waals surface area contributed by atoms with Crippen LogP contribution in [0.1, 0.15) is 52.6 Å². The van der Waals surface area contributed by atoms with Gasteiger partial charge in [-0.1, -0.05) is 5.21 Å². The molecular weight excluding hydrogens is 336 g/mol. The highest BCUT2D eigenvalue weighted by atomic mass is 16.4. The number of hydrogen-bond acceptors (Lipinski definition) is 5. The number of rotatable bonds is 4. The first kappa shape index (κ1) is 16.7. The Morgan fingerprint density at radius 1 is 1.31 bits per heavy atom. The van der Waals surface area contributed by atoms with Crippen LogP contribution in [0.5, 0.6) is 0 Å². The third kappa shape index (κ3) is 2.97. The summed E-state index contributed by atoms with van der Waals surface area (Å²) in [6.45, 7) is 0.838. The van der Waals surface area contributed by atoms with Gasteiger partial charge in [-0.2, -0.15) is 5.10 Å². The van der Waals surface area contributed by atoms with E-state index in [0.29, 0.717) is 18.8 Å². The Morgan fingerprint density at radius 2 is 2.12 bits per heavy atom. The Bertz CT molecular complexity index is 841. The van der Waals surface area contributed by atoms with Crippen molar-refractivity contribution >= 4 is 11.9 Å². The van der Waals surface area contributed by atoms with Crippen molar-refractivity contribution in [1.82, 2.24) is 30.1 Å². The zero-order valence-corrected chi connectivity index (χ0v) is 14.7. The smallest absolute Gasteiger partial charge is 0.303 e. The molecular formula is C17H22N6O3. The van der Waals surface area contributed by atoms with Gasteiger partial charge in [0.05, 0.1) is 12.1 Å². The van der Waals surface area contributed by atoms with E-state index >= 15 is 0 Å². The first-order valence-electron chi connectivity index (χ1n) is 8.96. The monoisotopic (exact) mass is 358 g/mol. The van der Waals surface area contributed by atoms with E-state index in [2.05, 4.69) is 20.5 Å². The first-order valence-corrected chi connectivity index (χ1v) is 8.96. The van der Waals surface area contributed by atoms with E-state index in [-0.39, 0.29) is 24.2 Å². The lowest BCUT2D eigenvalue weighted by Crippen LogP contribution is -2.30. The summed E-state index contributed by atoms with van der Waals surface area (Å²) in [5.74, 6) is -1.29. The lowest BCUT2D eigenvalue weighted by molar-refractivity contribution is -0.138. The number of aromatic nitrogens is 5. The molecule has 0 radical (unpaired) electrons. The van der Waals surface area contributed by atoms with Gasteiger partial charge in [0.1, 0.15) is 0 Å². The zero-order valence-electron chi connectivity index (χ0n) is 14.7. The summed E-state index contributed by atoms with van der Waals surface area (Å²) < 4.78 is 1.60. The third-order valence-corrected chi connectivity index (χ3v) is 5.42. The maximum absolute atomic E-state index is 13.0. The number of hydrogen-bond donors (Lipinski definition) is 2. The fourth-order valence-electron chi connectivity index (χ4n) is 4.15. The van der Waals surface area contributed by atoms with Crippen molar-refractivity contribution in [2.75, 3.05) is 13.1 Å². The summed E-state index contributed by atoms with van der Waals surface area (Å²) in [6, 6.07) is 0. The minimum Gasteiger partial charge on any atom is -0.481 e. The molecule has 138 valence electrons. The molecule has 1 amide bonds. The molecule has 1 saturated heterocycles. The maximum Gasteiger partial charge on any atom is 0.303 e. The minimum absolute atomic E-state index is 0.00366. The number of aliphatic carboxylic acids is 1. The van der Waals surface area contributed by atoms with Gasteiger partial charge in [0.2, 0.25) is 0 Å². The number of carboxylic acids is 1. The van der Waals surface area contributed by atoms with Crippen molar-refractivity contribution in [3.63, 3.8) is 0 Å². The second-order valence-electron chi connectivity index (χ2n) is 7.23. The molecule has 2 atom stereocenters. The molecule has 2 N–H and O–H groups in total. The molecule has 4 rings (SSSR count). The molecule has 1 fully saturated rings. The van der Waals surface area contributed by atoms with Gasteiger partial charge in [-0.15, -0.1) is 5.10 Å². The van der Waals surface area contributed by atoms with E-state index < -0.39 is 5.97 Å². The molecule has 2 aromatic rings. The molecule has 2 aliphatic rings. The van der Waals surface area contributed by atoms with E-state index in [1.807, 2.05) is 0 Å². The van der Waals surface area contributed by atoms with Gasteiger partial charge >= 0.3 is 5.97 Å². The van der Waals surface area contributed by atoms with E-state index in [1.165, 1.54) is 0 Å². The van der Waals surface area contributed by atoms with Crippen LogP contribution in [0.25, 0.3) is 0 Å². The summed E-state index contributed by atoms with van der Waals surface area (Å²) >= 11 is 0. The molecule has 9 heteroatoms. The molecule has 1 aliphatic carbocycles. The second kappa shape index (κ2) is 6.54. The highest BCUT2D eigenvalue weighted by molar-refractivity contribution is 5.94. The highest BCUT2D eigenvalue weighted by Gasteiger charge is 2.40. The van der Waals surface area contributed by atoms with Crippen LogP contribution in [0.3, 0.4) is 0 Å². The number of fused-ring (bicyclic) bond motifs is 1. The van der Waals surface area contributed by atoms with Crippen molar-refractivity contribution < 1.29 is 14.7 Å². The van der Waals surface area contributed by atoms with Crippen molar-refractivity contribution in [3.05, 3.63) is 28.8 Å². The minimum atomic E-state index is -0.865. The number of likely N-dealkylation sites (tertiary alicyclic amines) is 1. The van der Waals surface area contributed by atoms with Crippen LogP contribution in [0.15, 0.2) is 6.20 Å². The van der Waals surface area contributed by atoms with E-state index in [1.54, 1.807) is 22.8 Å². The van der Waals surface area contributed by atoms with Gasteiger partial charge in [0, 0.05) is 43.5 Å². The Morgan fingerprint density at radius 3 is 2.85 bits per heavy atom. The van der Waals surface area contributed by atoms with Crippen molar-refractivity contribution in [2.45, 2.75) is 38.0 Å². The fraction of sp³-hybridized carbons (Fsp3) is 0.588. The first-order chi connectivity index (χ1) is 12.5. The average molecular weight is 358 g/mol. The highest BCUT2D eigenvalue weighted by Crippen LogP contribution is 2.35. The summed E-state index contributed by atoms with van der Waals surface area (Å²) in [5.41, 5.74) is 3.32. The van der Waals surface area contributed by atoms with Gasteiger partial charge < -0.3 is 10.0 Å². The molecule has 1 aliphatic heterocycles. The SMILES string of the molecule is Cn1cc([C@@H]2CN(C(=O)c3n[nH]c4c3CCCC4)C[C@@H]2CC(=O)O)nn1. The summed E-state index contributed by atoms with van der Waals surface area (Å²) in [5, 5.41) is 24.6. The number of aromatic amines is 1. The predicted molar refractivity (Wildman–Crippen MR) is 90.6 cm³/mol. The Labute approximate surface area is 150 Å². The predicted octanol–water partition coefficient (Wildman–Crippen LogP) is 0.747. The number of aryl methyl sites for hydroxylation is 2. The molecule has 26 heavy (non-hydrogen) atoms. The van der Waals surface area contributed by atoms with Crippen molar-refractivity contribution in [1.29, 1.82) is 0 Å². The lowest BCUT2D eigenvalue weighted by atomic mass is 9.91. The van der Waals surface area contributed by atoms with Crippen LogP contribution >= 0.6 is 0 Å². The van der Waals surface area contributed by atoms with Crippen LogP contribution < -0.4 is 0 Å². The molecule has 0 aromatic carbocycles.